The molecule has 0 saturated carbocycles. The van der Waals surface area contributed by atoms with Crippen molar-refractivity contribution in [1.29, 1.82) is 5.26 Å². The van der Waals surface area contributed by atoms with Crippen molar-refractivity contribution >= 4 is 22.4 Å². The maximum Gasteiger partial charge on any atom is 0.366 e. The van der Waals surface area contributed by atoms with E-state index in [-0.39, 0.29) is 6.42 Å². The molecule has 0 aliphatic rings. The van der Waals surface area contributed by atoms with Crippen molar-refractivity contribution in [2.24, 2.45) is 10.8 Å². The standard InChI is InChI=1S/C26H25N3O4/c1-17-5-7-19(8-6-17)11-12-26(16-30,14-25(3,4)15-27)24(32)28-20-9-10-21-22(13-20)18(2)29-33-23(21)31/h5-10,13,30H,14,16H2,1-4H3,(H,28,32). The van der Waals surface area contributed by atoms with Gasteiger partial charge in [-0.25, -0.2) is 4.79 Å². The summed E-state index contributed by atoms with van der Waals surface area (Å²) in [4.78, 5) is 25.3. The fourth-order valence-electron chi connectivity index (χ4n) is 3.53. The van der Waals surface area contributed by atoms with E-state index in [0.29, 0.717) is 27.7 Å². The van der Waals surface area contributed by atoms with Gasteiger partial charge in [-0.05, 0) is 64.4 Å². The highest BCUT2D eigenvalue weighted by atomic mass is 16.5. The molecule has 7 heteroatoms. The minimum absolute atomic E-state index is 0.0233. The highest BCUT2D eigenvalue weighted by Crippen LogP contribution is 2.35. The number of nitrogens with one attached hydrogen (secondary N) is 1. The first-order valence-corrected chi connectivity index (χ1v) is 10.4. The van der Waals surface area contributed by atoms with Gasteiger partial charge in [-0.3, -0.25) is 4.79 Å². The highest BCUT2D eigenvalue weighted by Gasteiger charge is 2.42. The molecule has 1 aromatic heterocycles. The van der Waals surface area contributed by atoms with E-state index in [2.05, 4.69) is 28.4 Å². The van der Waals surface area contributed by atoms with E-state index in [1.54, 1.807) is 39.0 Å². The SMILES string of the molecule is Cc1ccc(C#CC(CO)(CC(C)(C)C#N)C(=O)Nc2ccc3c(=O)onc(C)c3c2)cc1. The summed E-state index contributed by atoms with van der Waals surface area (Å²) in [5.41, 5.74) is -0.329. The van der Waals surface area contributed by atoms with E-state index in [0.717, 1.165) is 5.56 Å². The summed E-state index contributed by atoms with van der Waals surface area (Å²) in [6.07, 6.45) is 0.0233. The molecule has 33 heavy (non-hydrogen) atoms. The maximum atomic E-state index is 13.4. The molecule has 168 valence electrons. The minimum Gasteiger partial charge on any atom is -0.394 e. The van der Waals surface area contributed by atoms with E-state index in [1.807, 2.05) is 31.2 Å². The van der Waals surface area contributed by atoms with E-state index in [1.165, 1.54) is 0 Å². The summed E-state index contributed by atoms with van der Waals surface area (Å²) < 4.78 is 4.74. The number of rotatable bonds is 5. The molecule has 0 saturated heterocycles. The molecule has 0 fully saturated rings. The first kappa shape index (κ1) is 23.7. The Hall–Kier alpha value is -3.94. The average Bonchev–Trinajstić information content (AvgIpc) is 2.80. The van der Waals surface area contributed by atoms with Gasteiger partial charge in [0.25, 0.3) is 0 Å². The van der Waals surface area contributed by atoms with Gasteiger partial charge in [0.1, 0.15) is 5.41 Å². The van der Waals surface area contributed by atoms with Crippen molar-refractivity contribution in [2.75, 3.05) is 11.9 Å². The molecular weight excluding hydrogens is 418 g/mol. The number of aromatic nitrogens is 1. The lowest BCUT2D eigenvalue weighted by Crippen LogP contribution is -2.41. The Labute approximate surface area is 192 Å². The van der Waals surface area contributed by atoms with Crippen molar-refractivity contribution in [3.05, 3.63) is 69.7 Å². The van der Waals surface area contributed by atoms with Crippen LogP contribution in [-0.4, -0.2) is 22.8 Å². The normalized spacial score (nSPS) is 12.8. The molecule has 0 aliphatic heterocycles. The summed E-state index contributed by atoms with van der Waals surface area (Å²) in [6, 6.07) is 14.4. The Morgan fingerprint density at radius 1 is 1.15 bits per heavy atom. The molecule has 1 unspecified atom stereocenters. The summed E-state index contributed by atoms with van der Waals surface area (Å²) in [5.74, 6) is 5.38. The monoisotopic (exact) mass is 443 g/mol. The number of benzene rings is 2. The highest BCUT2D eigenvalue weighted by molar-refractivity contribution is 5.99. The van der Waals surface area contributed by atoms with Gasteiger partial charge in [-0.2, -0.15) is 5.26 Å². The van der Waals surface area contributed by atoms with Crippen LogP contribution in [0.2, 0.25) is 0 Å². The minimum atomic E-state index is -1.53. The molecule has 3 aromatic rings. The molecular formula is C26H25N3O4. The largest absolute Gasteiger partial charge is 0.394 e. The van der Waals surface area contributed by atoms with E-state index >= 15 is 0 Å². The van der Waals surface area contributed by atoms with Crippen LogP contribution >= 0.6 is 0 Å². The van der Waals surface area contributed by atoms with Gasteiger partial charge in [0.2, 0.25) is 5.91 Å². The molecule has 0 aliphatic carbocycles. The number of nitrogens with zero attached hydrogens (tertiary/aromatic N) is 2. The Morgan fingerprint density at radius 2 is 1.85 bits per heavy atom. The van der Waals surface area contributed by atoms with Gasteiger partial charge in [-0.15, -0.1) is 0 Å². The Balaban J connectivity index is 2.03. The summed E-state index contributed by atoms with van der Waals surface area (Å²) in [5, 5.41) is 27.3. The number of carbonyl (C=O) groups is 1. The van der Waals surface area contributed by atoms with Crippen molar-refractivity contribution in [3.8, 4) is 17.9 Å². The zero-order valence-electron chi connectivity index (χ0n) is 19.0. The first-order chi connectivity index (χ1) is 15.6. The number of anilines is 1. The molecule has 1 heterocycles. The fraction of sp³-hybridized carbons (Fsp3) is 0.308. The van der Waals surface area contributed by atoms with Crippen LogP contribution in [-0.2, 0) is 4.79 Å². The fourth-order valence-corrected chi connectivity index (χ4v) is 3.53. The number of aliphatic hydroxyl groups is 1. The molecule has 7 nitrogen and oxygen atoms in total. The molecule has 1 amide bonds. The number of hydrogen-bond acceptors (Lipinski definition) is 6. The van der Waals surface area contributed by atoms with Gasteiger partial charge >= 0.3 is 5.63 Å². The molecule has 2 aromatic carbocycles. The third-order valence-corrected chi connectivity index (χ3v) is 5.40. The number of aliphatic hydroxyl groups excluding tert-OH is 1. The van der Waals surface area contributed by atoms with Crippen molar-refractivity contribution < 1.29 is 14.4 Å². The maximum absolute atomic E-state index is 13.4. The Kier molecular flexibility index (Phi) is 6.67. The second-order valence-electron chi connectivity index (χ2n) is 8.80. The zero-order valence-corrected chi connectivity index (χ0v) is 19.0. The van der Waals surface area contributed by atoms with Crippen LogP contribution in [0.3, 0.4) is 0 Å². The van der Waals surface area contributed by atoms with Crippen molar-refractivity contribution in [2.45, 2.75) is 34.1 Å². The van der Waals surface area contributed by atoms with Gasteiger partial charge in [0.15, 0.2) is 0 Å². The van der Waals surface area contributed by atoms with Crippen LogP contribution in [0.15, 0.2) is 51.8 Å². The van der Waals surface area contributed by atoms with E-state index in [4.69, 9.17) is 4.52 Å². The second kappa shape index (κ2) is 9.28. The van der Waals surface area contributed by atoms with Crippen LogP contribution in [0.4, 0.5) is 5.69 Å². The van der Waals surface area contributed by atoms with Crippen LogP contribution in [0.1, 0.15) is 37.1 Å². The number of hydrogen-bond donors (Lipinski definition) is 2. The average molecular weight is 444 g/mol. The van der Waals surface area contributed by atoms with Crippen LogP contribution in [0.25, 0.3) is 10.8 Å². The Morgan fingerprint density at radius 3 is 2.48 bits per heavy atom. The van der Waals surface area contributed by atoms with E-state index in [9.17, 15) is 20.0 Å². The van der Waals surface area contributed by atoms with Gasteiger partial charge < -0.3 is 14.9 Å². The van der Waals surface area contributed by atoms with Gasteiger partial charge in [-0.1, -0.05) is 34.7 Å². The predicted molar refractivity (Wildman–Crippen MR) is 125 cm³/mol. The molecule has 0 spiro atoms. The number of carbonyl (C=O) groups excluding carboxylic acids is 1. The van der Waals surface area contributed by atoms with Gasteiger partial charge in [0.05, 0.1) is 29.2 Å². The molecule has 0 radical (unpaired) electrons. The number of aryl methyl sites for hydroxylation is 2. The summed E-state index contributed by atoms with van der Waals surface area (Å²) in [6.45, 7) is 6.48. The van der Waals surface area contributed by atoms with Gasteiger partial charge in [0, 0.05) is 16.6 Å². The quantitative estimate of drug-likeness (QED) is 0.581. The van der Waals surface area contributed by atoms with Crippen molar-refractivity contribution in [3.63, 3.8) is 0 Å². The van der Waals surface area contributed by atoms with Crippen LogP contribution in [0, 0.1) is 47.8 Å². The smallest absolute Gasteiger partial charge is 0.366 e. The molecule has 1 atom stereocenters. The molecule has 3 rings (SSSR count). The lowest BCUT2D eigenvalue weighted by atomic mass is 9.73. The van der Waals surface area contributed by atoms with E-state index < -0.39 is 29.0 Å². The molecule has 0 bridgehead atoms. The van der Waals surface area contributed by atoms with Crippen molar-refractivity contribution in [1.82, 2.24) is 5.16 Å². The number of amides is 1. The predicted octanol–water partition coefficient (Wildman–Crippen LogP) is 3.71. The first-order valence-electron chi connectivity index (χ1n) is 10.4. The lowest BCUT2D eigenvalue weighted by molar-refractivity contribution is -0.125. The molecule has 2 N–H and O–H groups in total. The number of nitriles is 1. The number of fused-ring (bicyclic) bond motifs is 1. The summed E-state index contributed by atoms with van der Waals surface area (Å²) in [7, 11) is 0. The lowest BCUT2D eigenvalue weighted by Gasteiger charge is -2.30. The summed E-state index contributed by atoms with van der Waals surface area (Å²) >= 11 is 0. The third kappa shape index (κ3) is 5.28. The third-order valence-electron chi connectivity index (χ3n) is 5.40. The Bertz CT molecular complexity index is 1350. The van der Waals surface area contributed by atoms with Crippen LogP contribution < -0.4 is 10.9 Å². The zero-order chi connectivity index (χ0) is 24.2. The van der Waals surface area contributed by atoms with Crippen LogP contribution in [0.5, 0.6) is 0 Å². The second-order valence-corrected chi connectivity index (χ2v) is 8.80. The topological polar surface area (TPSA) is 116 Å².